The minimum Gasteiger partial charge on any atom is -0.496 e. The van der Waals surface area contributed by atoms with Gasteiger partial charge in [-0.1, -0.05) is 48.5 Å². The van der Waals surface area contributed by atoms with Gasteiger partial charge in [0.05, 0.1) is 26.1 Å². The van der Waals surface area contributed by atoms with Gasteiger partial charge in [0.25, 0.3) is 0 Å². The minimum absolute atomic E-state index is 0.0369. The Labute approximate surface area is 160 Å². The number of benzene rings is 2. The molecule has 0 aliphatic heterocycles. The van der Waals surface area contributed by atoms with Crippen molar-refractivity contribution in [3.63, 3.8) is 0 Å². The van der Waals surface area contributed by atoms with E-state index in [1.165, 1.54) is 0 Å². The van der Waals surface area contributed by atoms with Gasteiger partial charge in [0.2, 0.25) is 11.8 Å². The summed E-state index contributed by atoms with van der Waals surface area (Å²) >= 11 is 0. The van der Waals surface area contributed by atoms with Gasteiger partial charge in [-0.25, -0.2) is 0 Å². The number of rotatable bonds is 9. The van der Waals surface area contributed by atoms with Crippen LogP contribution >= 0.6 is 0 Å². The van der Waals surface area contributed by atoms with Gasteiger partial charge in [-0.3, -0.25) is 9.59 Å². The van der Waals surface area contributed by atoms with E-state index < -0.39 is 0 Å². The lowest BCUT2D eigenvalue weighted by Crippen LogP contribution is -2.41. The molecule has 0 bridgehead atoms. The molecular weight excluding hydrogens is 342 g/mol. The number of likely N-dealkylation sites (N-methyl/N-ethyl adjacent to an activating group) is 1. The number of hydrogen-bond acceptors (Lipinski definition) is 4. The Morgan fingerprint density at radius 2 is 1.63 bits per heavy atom. The third-order valence-corrected chi connectivity index (χ3v) is 4.27. The van der Waals surface area contributed by atoms with Crippen LogP contribution in [0.2, 0.25) is 0 Å². The minimum atomic E-state index is -0.224. The van der Waals surface area contributed by atoms with E-state index in [4.69, 9.17) is 4.74 Å². The molecular formula is C21H27N3O3. The van der Waals surface area contributed by atoms with Crippen LogP contribution in [0.1, 0.15) is 17.2 Å². The molecule has 2 aromatic rings. The quantitative estimate of drug-likeness (QED) is 0.707. The maximum Gasteiger partial charge on any atom is 0.239 e. The monoisotopic (exact) mass is 369 g/mol. The van der Waals surface area contributed by atoms with Gasteiger partial charge >= 0.3 is 0 Å². The van der Waals surface area contributed by atoms with Crippen LogP contribution in [0.3, 0.4) is 0 Å². The molecule has 2 rings (SSSR count). The van der Waals surface area contributed by atoms with Gasteiger partial charge < -0.3 is 20.3 Å². The third kappa shape index (κ3) is 6.42. The average molecular weight is 369 g/mol. The molecule has 27 heavy (non-hydrogen) atoms. The van der Waals surface area contributed by atoms with Gasteiger partial charge in [-0.05, 0) is 25.7 Å². The van der Waals surface area contributed by atoms with E-state index in [9.17, 15) is 9.59 Å². The zero-order chi connectivity index (χ0) is 19.6. The summed E-state index contributed by atoms with van der Waals surface area (Å²) in [5.41, 5.74) is 1.91. The van der Waals surface area contributed by atoms with E-state index in [0.29, 0.717) is 6.54 Å². The number of nitrogens with one attached hydrogen (secondary N) is 2. The van der Waals surface area contributed by atoms with Crippen LogP contribution in [0, 0.1) is 0 Å². The number of amides is 2. The standard InChI is InChI=1S/C21H27N3O3/c1-24(2)18(17-11-7-8-12-19(17)27-3)14-22-21(26)15-23-20(25)13-16-9-5-4-6-10-16/h4-12,18H,13-15H2,1-3H3,(H,22,26)(H,23,25). The summed E-state index contributed by atoms with van der Waals surface area (Å²) in [7, 11) is 5.53. The molecule has 6 nitrogen and oxygen atoms in total. The average Bonchev–Trinajstić information content (AvgIpc) is 2.67. The Hall–Kier alpha value is -2.86. The summed E-state index contributed by atoms with van der Waals surface area (Å²) in [6, 6.07) is 17.1. The van der Waals surface area contributed by atoms with Gasteiger partial charge in [-0.15, -0.1) is 0 Å². The summed E-state index contributed by atoms with van der Waals surface area (Å²) in [5.74, 6) is 0.380. The molecule has 1 unspecified atom stereocenters. The van der Waals surface area contributed by atoms with Crippen LogP contribution in [0.25, 0.3) is 0 Å². The topological polar surface area (TPSA) is 70.7 Å². The second-order valence-corrected chi connectivity index (χ2v) is 6.46. The lowest BCUT2D eigenvalue weighted by atomic mass is 10.0. The summed E-state index contributed by atoms with van der Waals surface area (Å²) in [6.07, 6.45) is 0.260. The molecule has 2 N–H and O–H groups in total. The first-order chi connectivity index (χ1) is 13.0. The largest absolute Gasteiger partial charge is 0.496 e. The van der Waals surface area contributed by atoms with Crippen LogP contribution in [0.4, 0.5) is 0 Å². The molecule has 0 saturated heterocycles. The van der Waals surface area contributed by atoms with Crippen LogP contribution in [-0.4, -0.2) is 51.0 Å². The highest BCUT2D eigenvalue weighted by atomic mass is 16.5. The fraction of sp³-hybridized carbons (Fsp3) is 0.333. The number of carbonyl (C=O) groups is 2. The van der Waals surface area contributed by atoms with Gasteiger partial charge in [0, 0.05) is 12.1 Å². The third-order valence-electron chi connectivity index (χ3n) is 4.27. The predicted molar refractivity (Wildman–Crippen MR) is 106 cm³/mol. The van der Waals surface area contributed by atoms with Crippen LogP contribution in [-0.2, 0) is 16.0 Å². The summed E-state index contributed by atoms with van der Waals surface area (Å²) in [4.78, 5) is 26.1. The highest BCUT2D eigenvalue weighted by molar-refractivity contribution is 5.85. The number of ether oxygens (including phenoxy) is 1. The van der Waals surface area contributed by atoms with E-state index in [2.05, 4.69) is 10.6 Å². The fourth-order valence-corrected chi connectivity index (χ4v) is 2.81. The van der Waals surface area contributed by atoms with Gasteiger partial charge in [0.1, 0.15) is 5.75 Å². The number of para-hydroxylation sites is 1. The molecule has 1 atom stereocenters. The first-order valence-corrected chi connectivity index (χ1v) is 8.88. The second kappa shape index (κ2) is 10.3. The summed E-state index contributed by atoms with van der Waals surface area (Å²) in [6.45, 7) is 0.374. The van der Waals surface area contributed by atoms with E-state index in [-0.39, 0.29) is 30.8 Å². The number of nitrogens with zero attached hydrogens (tertiary/aromatic N) is 1. The van der Waals surface area contributed by atoms with E-state index >= 15 is 0 Å². The van der Waals surface area contributed by atoms with Crippen molar-refractivity contribution in [2.45, 2.75) is 12.5 Å². The van der Waals surface area contributed by atoms with E-state index in [0.717, 1.165) is 16.9 Å². The second-order valence-electron chi connectivity index (χ2n) is 6.46. The van der Waals surface area contributed by atoms with Gasteiger partial charge in [-0.2, -0.15) is 0 Å². The molecule has 144 valence electrons. The zero-order valence-electron chi connectivity index (χ0n) is 16.1. The van der Waals surface area contributed by atoms with Crippen molar-refractivity contribution in [2.75, 3.05) is 34.3 Å². The molecule has 0 fully saturated rings. The summed E-state index contributed by atoms with van der Waals surface area (Å²) < 4.78 is 5.42. The Bertz CT molecular complexity index is 747. The Morgan fingerprint density at radius 3 is 2.30 bits per heavy atom. The fourth-order valence-electron chi connectivity index (χ4n) is 2.81. The Morgan fingerprint density at radius 1 is 0.963 bits per heavy atom. The normalized spacial score (nSPS) is 11.7. The van der Waals surface area contributed by atoms with Crippen molar-refractivity contribution >= 4 is 11.8 Å². The van der Waals surface area contributed by atoms with E-state index in [1.807, 2.05) is 73.6 Å². The lowest BCUT2D eigenvalue weighted by molar-refractivity contribution is -0.125. The smallest absolute Gasteiger partial charge is 0.239 e. The maximum absolute atomic E-state index is 12.1. The molecule has 2 amide bonds. The molecule has 6 heteroatoms. The predicted octanol–water partition coefficient (Wildman–Crippen LogP) is 1.77. The molecule has 0 heterocycles. The highest BCUT2D eigenvalue weighted by Gasteiger charge is 2.19. The van der Waals surface area contributed by atoms with Crippen molar-refractivity contribution < 1.29 is 14.3 Å². The maximum atomic E-state index is 12.1. The number of carbonyl (C=O) groups excluding carboxylic acids is 2. The lowest BCUT2D eigenvalue weighted by Gasteiger charge is -2.26. The molecule has 0 radical (unpaired) electrons. The SMILES string of the molecule is COc1ccccc1C(CNC(=O)CNC(=O)Cc1ccccc1)N(C)C. The Kier molecular flexibility index (Phi) is 7.82. The van der Waals surface area contributed by atoms with Crippen molar-refractivity contribution in [1.29, 1.82) is 0 Å². The zero-order valence-corrected chi connectivity index (χ0v) is 16.1. The van der Waals surface area contributed by atoms with Crippen LogP contribution < -0.4 is 15.4 Å². The first kappa shape index (κ1) is 20.5. The molecule has 0 aliphatic rings. The summed E-state index contributed by atoms with van der Waals surface area (Å²) in [5, 5.41) is 5.54. The number of hydrogen-bond donors (Lipinski definition) is 2. The highest BCUT2D eigenvalue weighted by Crippen LogP contribution is 2.27. The van der Waals surface area contributed by atoms with Crippen LogP contribution in [0.5, 0.6) is 5.75 Å². The first-order valence-electron chi connectivity index (χ1n) is 8.88. The van der Waals surface area contributed by atoms with Crippen LogP contribution in [0.15, 0.2) is 54.6 Å². The molecule has 0 saturated carbocycles. The van der Waals surface area contributed by atoms with Crippen molar-refractivity contribution in [3.8, 4) is 5.75 Å². The molecule has 2 aromatic carbocycles. The molecule has 0 aromatic heterocycles. The van der Waals surface area contributed by atoms with E-state index in [1.54, 1.807) is 7.11 Å². The molecule has 0 aliphatic carbocycles. The number of methoxy groups -OCH3 is 1. The molecule has 0 spiro atoms. The Balaban J connectivity index is 1.84. The van der Waals surface area contributed by atoms with Crippen molar-refractivity contribution in [1.82, 2.24) is 15.5 Å². The van der Waals surface area contributed by atoms with Gasteiger partial charge in [0.15, 0.2) is 0 Å². The van der Waals surface area contributed by atoms with Crippen molar-refractivity contribution in [2.24, 2.45) is 0 Å². The van der Waals surface area contributed by atoms with Crippen molar-refractivity contribution in [3.05, 3.63) is 65.7 Å².